The van der Waals surface area contributed by atoms with Gasteiger partial charge in [0.2, 0.25) is 0 Å². The van der Waals surface area contributed by atoms with Crippen LogP contribution in [-0.2, 0) is 0 Å². The number of rotatable bonds is 5. The van der Waals surface area contributed by atoms with Gasteiger partial charge in [0.25, 0.3) is 0 Å². The molecule has 1 saturated carbocycles. The number of anilines is 1. The summed E-state index contributed by atoms with van der Waals surface area (Å²) in [6, 6.07) is 3.70. The Labute approximate surface area is 137 Å². The summed E-state index contributed by atoms with van der Waals surface area (Å²) in [6.07, 6.45) is -1.11. The van der Waals surface area contributed by atoms with Gasteiger partial charge in [-0.05, 0) is 43.9 Å². The van der Waals surface area contributed by atoms with E-state index in [2.05, 4.69) is 20.6 Å². The van der Waals surface area contributed by atoms with Crippen molar-refractivity contribution in [3.63, 3.8) is 0 Å². The summed E-state index contributed by atoms with van der Waals surface area (Å²) in [5, 5.41) is 16.1. The van der Waals surface area contributed by atoms with E-state index < -0.39 is 12.7 Å². The highest BCUT2D eigenvalue weighted by Gasteiger charge is 2.34. The van der Waals surface area contributed by atoms with Gasteiger partial charge in [-0.2, -0.15) is 17.7 Å². The van der Waals surface area contributed by atoms with Crippen LogP contribution in [0.3, 0.4) is 0 Å². The summed E-state index contributed by atoms with van der Waals surface area (Å²) in [5.41, 5.74) is 0.722. The highest BCUT2D eigenvalue weighted by atomic mass is 19.4. The van der Waals surface area contributed by atoms with E-state index in [1.807, 2.05) is 12.1 Å². The maximum atomic E-state index is 12.4. The monoisotopic (exact) mass is 340 g/mol. The molecule has 1 atom stereocenters. The predicted octanol–water partition coefficient (Wildman–Crippen LogP) is 2.30. The Bertz CT molecular complexity index is 724. The second kappa shape index (κ2) is 5.87. The Morgan fingerprint density at radius 2 is 2.00 bits per heavy atom. The Kier molecular flexibility index (Phi) is 3.82. The van der Waals surface area contributed by atoms with Crippen molar-refractivity contribution in [2.75, 3.05) is 31.5 Å². The largest absolute Gasteiger partial charge is 0.401 e. The molecule has 0 amide bonds. The summed E-state index contributed by atoms with van der Waals surface area (Å²) in [7, 11) is 0. The second-order valence-electron chi connectivity index (χ2n) is 6.71. The molecular weight excluding hydrogens is 321 g/mol. The number of halogens is 3. The molecular formula is C15H19F3N6. The zero-order valence-corrected chi connectivity index (χ0v) is 13.1. The van der Waals surface area contributed by atoms with E-state index in [4.69, 9.17) is 0 Å². The maximum absolute atomic E-state index is 12.4. The van der Waals surface area contributed by atoms with Crippen LogP contribution >= 0.6 is 0 Å². The fourth-order valence-electron chi connectivity index (χ4n) is 3.22. The molecule has 2 aliphatic rings. The summed E-state index contributed by atoms with van der Waals surface area (Å²) in [5.74, 6) is 2.26. The highest BCUT2D eigenvalue weighted by molar-refractivity contribution is 5.44. The van der Waals surface area contributed by atoms with Crippen molar-refractivity contribution in [3.8, 4) is 0 Å². The van der Waals surface area contributed by atoms with Crippen LogP contribution < -0.4 is 5.32 Å². The van der Waals surface area contributed by atoms with Crippen LogP contribution in [0.5, 0.6) is 0 Å². The fraction of sp³-hybridized carbons (Fsp3) is 0.667. The highest BCUT2D eigenvalue weighted by Crippen LogP contribution is 2.38. The van der Waals surface area contributed by atoms with E-state index in [0.29, 0.717) is 31.4 Å². The van der Waals surface area contributed by atoms with Crippen LogP contribution in [0.1, 0.15) is 31.0 Å². The van der Waals surface area contributed by atoms with E-state index in [-0.39, 0.29) is 5.92 Å². The van der Waals surface area contributed by atoms with Crippen molar-refractivity contribution in [2.24, 2.45) is 5.92 Å². The van der Waals surface area contributed by atoms with Crippen LogP contribution in [0.2, 0.25) is 0 Å². The molecule has 0 unspecified atom stereocenters. The van der Waals surface area contributed by atoms with Gasteiger partial charge in [0.05, 0.1) is 6.54 Å². The lowest BCUT2D eigenvalue weighted by Crippen LogP contribution is -2.33. The van der Waals surface area contributed by atoms with Crippen molar-refractivity contribution in [1.82, 2.24) is 24.7 Å². The van der Waals surface area contributed by atoms with Crippen molar-refractivity contribution >= 4 is 11.5 Å². The molecule has 24 heavy (non-hydrogen) atoms. The van der Waals surface area contributed by atoms with Gasteiger partial charge >= 0.3 is 6.18 Å². The van der Waals surface area contributed by atoms with E-state index in [1.54, 1.807) is 4.52 Å². The number of fused-ring (bicyclic) bond motifs is 1. The van der Waals surface area contributed by atoms with Crippen LogP contribution in [0.4, 0.5) is 19.0 Å². The van der Waals surface area contributed by atoms with Gasteiger partial charge in [0, 0.05) is 19.0 Å². The standard InChI is InChI=1S/C15H19F3N6/c16-15(17,18)9-23-6-5-10(8-23)7-19-12-3-4-13-20-21-14(11-1-2-11)24(13)22-12/h3-4,10-11H,1-2,5-9H2,(H,19,22)/t10-/m0/s1. The third kappa shape index (κ3) is 3.45. The lowest BCUT2D eigenvalue weighted by Gasteiger charge is -2.18. The van der Waals surface area contributed by atoms with Gasteiger partial charge in [0.15, 0.2) is 11.5 Å². The number of nitrogens with zero attached hydrogens (tertiary/aromatic N) is 5. The third-order valence-corrected chi connectivity index (χ3v) is 4.57. The topological polar surface area (TPSA) is 58.3 Å². The van der Waals surface area contributed by atoms with Gasteiger partial charge in [-0.3, -0.25) is 4.90 Å². The zero-order chi connectivity index (χ0) is 16.7. The molecule has 1 N–H and O–H groups in total. The molecule has 9 heteroatoms. The first kappa shape index (κ1) is 15.6. The Balaban J connectivity index is 1.36. The van der Waals surface area contributed by atoms with Crippen molar-refractivity contribution in [1.29, 1.82) is 0 Å². The first-order valence-electron chi connectivity index (χ1n) is 8.23. The van der Waals surface area contributed by atoms with Gasteiger partial charge in [-0.1, -0.05) is 0 Å². The van der Waals surface area contributed by atoms with Gasteiger partial charge in [-0.15, -0.1) is 15.3 Å². The molecule has 1 saturated heterocycles. The van der Waals surface area contributed by atoms with Crippen LogP contribution in [-0.4, -0.2) is 57.1 Å². The van der Waals surface area contributed by atoms with E-state index >= 15 is 0 Å². The van der Waals surface area contributed by atoms with E-state index in [1.165, 1.54) is 4.90 Å². The number of likely N-dealkylation sites (tertiary alicyclic amines) is 1. The fourth-order valence-corrected chi connectivity index (χ4v) is 3.22. The average Bonchev–Trinajstić information content (AvgIpc) is 3.13. The van der Waals surface area contributed by atoms with Gasteiger partial charge in [0.1, 0.15) is 5.82 Å². The molecule has 0 bridgehead atoms. The molecule has 2 aromatic rings. The molecule has 6 nitrogen and oxygen atoms in total. The number of nitrogens with one attached hydrogen (secondary N) is 1. The molecule has 1 aliphatic carbocycles. The van der Waals surface area contributed by atoms with Crippen molar-refractivity contribution in [2.45, 2.75) is 31.4 Å². The molecule has 1 aliphatic heterocycles. The Morgan fingerprint density at radius 1 is 1.17 bits per heavy atom. The lowest BCUT2D eigenvalue weighted by atomic mass is 10.1. The number of hydrogen-bond donors (Lipinski definition) is 1. The summed E-state index contributed by atoms with van der Waals surface area (Å²) >= 11 is 0. The molecule has 2 aromatic heterocycles. The smallest absolute Gasteiger partial charge is 0.368 e. The van der Waals surface area contributed by atoms with Crippen LogP contribution in [0.25, 0.3) is 5.65 Å². The minimum absolute atomic E-state index is 0.202. The van der Waals surface area contributed by atoms with E-state index in [9.17, 15) is 13.2 Å². The molecule has 0 aromatic carbocycles. The maximum Gasteiger partial charge on any atom is 0.401 e. The first-order chi connectivity index (χ1) is 11.5. The quantitative estimate of drug-likeness (QED) is 0.905. The van der Waals surface area contributed by atoms with Crippen LogP contribution in [0, 0.1) is 5.92 Å². The second-order valence-corrected chi connectivity index (χ2v) is 6.71. The first-order valence-corrected chi connectivity index (χ1v) is 8.23. The molecule has 0 radical (unpaired) electrons. The molecule has 0 spiro atoms. The minimum atomic E-state index is -4.12. The summed E-state index contributed by atoms with van der Waals surface area (Å²) < 4.78 is 39.1. The summed E-state index contributed by atoms with van der Waals surface area (Å²) in [4.78, 5) is 1.47. The third-order valence-electron chi connectivity index (χ3n) is 4.57. The van der Waals surface area contributed by atoms with Crippen molar-refractivity contribution in [3.05, 3.63) is 18.0 Å². The SMILES string of the molecule is FC(F)(F)CN1CC[C@@H](CNc2ccc3nnc(C4CC4)n3n2)C1. The Morgan fingerprint density at radius 3 is 2.75 bits per heavy atom. The van der Waals surface area contributed by atoms with Crippen LogP contribution in [0.15, 0.2) is 12.1 Å². The number of hydrogen-bond acceptors (Lipinski definition) is 5. The molecule has 130 valence electrons. The predicted molar refractivity (Wildman–Crippen MR) is 81.8 cm³/mol. The average molecular weight is 340 g/mol. The van der Waals surface area contributed by atoms with Gasteiger partial charge in [-0.25, -0.2) is 0 Å². The molecule has 4 rings (SSSR count). The van der Waals surface area contributed by atoms with E-state index in [0.717, 1.165) is 30.7 Å². The zero-order valence-electron chi connectivity index (χ0n) is 13.1. The molecule has 2 fully saturated rings. The summed E-state index contributed by atoms with van der Waals surface area (Å²) in [6.45, 7) is 0.761. The molecule has 3 heterocycles. The number of alkyl halides is 3. The normalized spacial score (nSPS) is 22.4. The Hall–Kier alpha value is -1.90. The minimum Gasteiger partial charge on any atom is -0.368 e. The number of aromatic nitrogens is 4. The van der Waals surface area contributed by atoms with Crippen molar-refractivity contribution < 1.29 is 13.2 Å². The van der Waals surface area contributed by atoms with Gasteiger partial charge < -0.3 is 5.32 Å². The lowest BCUT2D eigenvalue weighted by molar-refractivity contribution is -0.143.